The molecule has 0 aromatic heterocycles. The first kappa shape index (κ1) is 13.4. The van der Waals surface area contributed by atoms with Crippen LogP contribution < -0.4 is 11.1 Å². The lowest BCUT2D eigenvalue weighted by Gasteiger charge is -2.12. The molecule has 0 unspecified atom stereocenters. The number of halogens is 1. The molecule has 0 heterocycles. The number of nitrogens with one attached hydrogen (secondary N) is 1. The number of nitrogens with two attached hydrogens (primary N) is 1. The summed E-state index contributed by atoms with van der Waals surface area (Å²) in [7, 11) is 0. The molecule has 0 saturated heterocycles. The minimum atomic E-state index is -0.635. The number of ether oxygens (including phenoxy) is 1. The minimum Gasteiger partial charge on any atom is -0.447 e. The second-order valence-electron chi connectivity index (χ2n) is 3.63. The summed E-state index contributed by atoms with van der Waals surface area (Å²) in [6.07, 6.45) is -0.882. The number of hydrogen-bond acceptors (Lipinski definition) is 3. The molecule has 1 amide bonds. The second-order valence-corrected chi connectivity index (χ2v) is 4.07. The number of benzene rings is 1. The van der Waals surface area contributed by atoms with Crippen LogP contribution in [-0.2, 0) is 4.74 Å². The number of hydrogen-bond donors (Lipinski definition) is 2. The van der Waals surface area contributed by atoms with Crippen molar-refractivity contribution in [3.63, 3.8) is 0 Å². The molecule has 0 aliphatic rings. The molecule has 0 saturated carbocycles. The standard InChI is InChI=1S/C11H13FN2O2S/c1-6(2)16-11(15)14-9-4-3-7(12)5-8(9)10(13)17/h3-6H,1-2H3,(H2,13,17)(H,14,15). The Morgan fingerprint density at radius 2 is 2.18 bits per heavy atom. The number of amides is 1. The molecule has 1 rings (SSSR count). The quantitative estimate of drug-likeness (QED) is 0.815. The molecule has 0 aliphatic heterocycles. The van der Waals surface area contributed by atoms with Gasteiger partial charge in [0.1, 0.15) is 10.8 Å². The highest BCUT2D eigenvalue weighted by atomic mass is 32.1. The third-order valence-corrected chi connectivity index (χ3v) is 2.05. The van der Waals surface area contributed by atoms with Crippen molar-refractivity contribution in [3.05, 3.63) is 29.6 Å². The number of carbonyl (C=O) groups excluding carboxylic acids is 1. The summed E-state index contributed by atoms with van der Waals surface area (Å²) < 4.78 is 17.9. The van der Waals surface area contributed by atoms with Gasteiger partial charge in [0.2, 0.25) is 0 Å². The van der Waals surface area contributed by atoms with E-state index in [1.165, 1.54) is 12.1 Å². The predicted octanol–water partition coefficient (Wildman–Crippen LogP) is 2.42. The van der Waals surface area contributed by atoms with Crippen LogP contribution in [0.2, 0.25) is 0 Å². The molecular weight excluding hydrogens is 243 g/mol. The number of rotatable bonds is 3. The SMILES string of the molecule is CC(C)OC(=O)Nc1ccc(F)cc1C(N)=S. The highest BCUT2D eigenvalue weighted by molar-refractivity contribution is 7.80. The molecule has 0 radical (unpaired) electrons. The Balaban J connectivity index is 2.91. The van der Waals surface area contributed by atoms with Gasteiger partial charge in [-0.3, -0.25) is 5.32 Å². The van der Waals surface area contributed by atoms with Gasteiger partial charge < -0.3 is 10.5 Å². The summed E-state index contributed by atoms with van der Waals surface area (Å²) in [4.78, 5) is 11.4. The normalized spacial score (nSPS) is 10.1. The third kappa shape index (κ3) is 3.99. The first-order valence-corrected chi connectivity index (χ1v) is 5.38. The maximum absolute atomic E-state index is 13.0. The fourth-order valence-corrected chi connectivity index (χ4v) is 1.35. The van der Waals surface area contributed by atoms with Crippen LogP contribution in [0.3, 0.4) is 0 Å². The van der Waals surface area contributed by atoms with Gasteiger partial charge in [-0.15, -0.1) is 0 Å². The number of anilines is 1. The molecule has 0 atom stereocenters. The van der Waals surface area contributed by atoms with Crippen molar-refractivity contribution >= 4 is 29.0 Å². The zero-order valence-electron chi connectivity index (χ0n) is 9.49. The summed E-state index contributed by atoms with van der Waals surface area (Å²) in [6, 6.07) is 3.74. The maximum atomic E-state index is 13.0. The van der Waals surface area contributed by atoms with Crippen LogP contribution in [-0.4, -0.2) is 17.2 Å². The Labute approximate surface area is 104 Å². The van der Waals surface area contributed by atoms with Crippen molar-refractivity contribution in [1.82, 2.24) is 0 Å². The minimum absolute atomic E-state index is 0.00402. The molecule has 92 valence electrons. The molecule has 1 aromatic rings. The van der Waals surface area contributed by atoms with Gasteiger partial charge in [-0.05, 0) is 32.0 Å². The van der Waals surface area contributed by atoms with E-state index in [4.69, 9.17) is 22.7 Å². The molecule has 3 N–H and O–H groups in total. The molecular formula is C11H13FN2O2S. The lowest BCUT2D eigenvalue weighted by Crippen LogP contribution is -2.21. The second kappa shape index (κ2) is 5.58. The Bertz CT molecular complexity index is 449. The van der Waals surface area contributed by atoms with Gasteiger partial charge in [-0.1, -0.05) is 12.2 Å². The molecule has 1 aromatic carbocycles. The van der Waals surface area contributed by atoms with E-state index < -0.39 is 11.9 Å². The van der Waals surface area contributed by atoms with E-state index in [9.17, 15) is 9.18 Å². The van der Waals surface area contributed by atoms with Gasteiger partial charge in [0.15, 0.2) is 0 Å². The van der Waals surface area contributed by atoms with E-state index in [-0.39, 0.29) is 16.7 Å². The van der Waals surface area contributed by atoms with Crippen LogP contribution in [0.4, 0.5) is 14.9 Å². The van der Waals surface area contributed by atoms with E-state index in [0.717, 1.165) is 6.07 Å². The molecule has 0 aliphatic carbocycles. The van der Waals surface area contributed by atoms with E-state index in [1.54, 1.807) is 13.8 Å². The highest BCUT2D eigenvalue weighted by Crippen LogP contribution is 2.17. The Morgan fingerprint density at radius 3 is 2.71 bits per heavy atom. The average Bonchev–Trinajstić information content (AvgIpc) is 2.19. The maximum Gasteiger partial charge on any atom is 0.411 e. The van der Waals surface area contributed by atoms with Crippen molar-refractivity contribution < 1.29 is 13.9 Å². The van der Waals surface area contributed by atoms with Crippen LogP contribution in [0.25, 0.3) is 0 Å². The molecule has 0 spiro atoms. The number of thiocarbonyl (C=S) groups is 1. The lowest BCUT2D eigenvalue weighted by molar-refractivity contribution is 0.130. The molecule has 17 heavy (non-hydrogen) atoms. The first-order chi connectivity index (χ1) is 7.90. The van der Waals surface area contributed by atoms with E-state index in [2.05, 4.69) is 5.32 Å². The fourth-order valence-electron chi connectivity index (χ4n) is 1.18. The van der Waals surface area contributed by atoms with E-state index >= 15 is 0 Å². The molecule has 0 fully saturated rings. The summed E-state index contributed by atoms with van der Waals surface area (Å²) in [5.41, 5.74) is 6.02. The highest BCUT2D eigenvalue weighted by Gasteiger charge is 2.11. The lowest BCUT2D eigenvalue weighted by atomic mass is 10.1. The Hall–Kier alpha value is -1.69. The van der Waals surface area contributed by atoms with Gasteiger partial charge in [0.25, 0.3) is 0 Å². The van der Waals surface area contributed by atoms with Crippen molar-refractivity contribution in [2.45, 2.75) is 20.0 Å². The first-order valence-electron chi connectivity index (χ1n) is 4.97. The Morgan fingerprint density at radius 1 is 1.53 bits per heavy atom. The van der Waals surface area contributed by atoms with E-state index in [1.807, 2.05) is 0 Å². The monoisotopic (exact) mass is 256 g/mol. The molecule has 4 nitrogen and oxygen atoms in total. The zero-order chi connectivity index (χ0) is 13.0. The smallest absolute Gasteiger partial charge is 0.411 e. The van der Waals surface area contributed by atoms with Gasteiger partial charge in [-0.2, -0.15) is 0 Å². The number of carbonyl (C=O) groups is 1. The molecule has 0 bridgehead atoms. The van der Waals surface area contributed by atoms with Gasteiger partial charge in [0.05, 0.1) is 11.8 Å². The average molecular weight is 256 g/mol. The van der Waals surface area contributed by atoms with Gasteiger partial charge in [0, 0.05) is 5.56 Å². The largest absolute Gasteiger partial charge is 0.447 e. The predicted molar refractivity (Wildman–Crippen MR) is 67.5 cm³/mol. The van der Waals surface area contributed by atoms with Crippen LogP contribution in [0.1, 0.15) is 19.4 Å². The fraction of sp³-hybridized carbons (Fsp3) is 0.273. The van der Waals surface area contributed by atoms with Crippen molar-refractivity contribution in [1.29, 1.82) is 0 Å². The van der Waals surface area contributed by atoms with Crippen molar-refractivity contribution in [2.75, 3.05) is 5.32 Å². The van der Waals surface area contributed by atoms with Crippen LogP contribution in [0.15, 0.2) is 18.2 Å². The summed E-state index contributed by atoms with van der Waals surface area (Å²) in [5.74, 6) is -0.476. The third-order valence-electron chi connectivity index (χ3n) is 1.83. The Kier molecular flexibility index (Phi) is 4.39. The van der Waals surface area contributed by atoms with Gasteiger partial charge >= 0.3 is 6.09 Å². The summed E-state index contributed by atoms with van der Waals surface area (Å²) in [6.45, 7) is 3.44. The van der Waals surface area contributed by atoms with Crippen LogP contribution >= 0.6 is 12.2 Å². The van der Waals surface area contributed by atoms with Crippen LogP contribution in [0, 0.1) is 5.82 Å². The molecule has 6 heteroatoms. The van der Waals surface area contributed by atoms with Crippen molar-refractivity contribution in [3.8, 4) is 0 Å². The van der Waals surface area contributed by atoms with Crippen molar-refractivity contribution in [2.24, 2.45) is 5.73 Å². The van der Waals surface area contributed by atoms with E-state index in [0.29, 0.717) is 5.69 Å². The zero-order valence-corrected chi connectivity index (χ0v) is 10.3. The van der Waals surface area contributed by atoms with Crippen LogP contribution in [0.5, 0.6) is 0 Å². The topological polar surface area (TPSA) is 64.3 Å². The van der Waals surface area contributed by atoms with Gasteiger partial charge in [-0.25, -0.2) is 9.18 Å². The summed E-state index contributed by atoms with van der Waals surface area (Å²) in [5, 5.41) is 2.46. The summed E-state index contributed by atoms with van der Waals surface area (Å²) >= 11 is 4.77.